The van der Waals surface area contributed by atoms with Gasteiger partial charge in [-0.15, -0.1) is 0 Å². The summed E-state index contributed by atoms with van der Waals surface area (Å²) in [5.74, 6) is 0.460. The fourth-order valence-electron chi connectivity index (χ4n) is 3.11. The van der Waals surface area contributed by atoms with Crippen molar-refractivity contribution in [2.45, 2.75) is 45.7 Å². The Morgan fingerprint density at radius 3 is 2.83 bits per heavy atom. The van der Waals surface area contributed by atoms with E-state index < -0.39 is 16.2 Å². The first-order valence-electron chi connectivity index (χ1n) is 7.91. The van der Waals surface area contributed by atoms with Crippen LogP contribution in [0.1, 0.15) is 38.7 Å². The second-order valence-corrected chi connectivity index (χ2v) is 6.36. The Morgan fingerprint density at radius 1 is 1.50 bits per heavy atom. The minimum absolute atomic E-state index is 0.0334. The number of amides is 1. The van der Waals surface area contributed by atoms with Crippen LogP contribution in [-0.4, -0.2) is 21.4 Å². The van der Waals surface area contributed by atoms with E-state index in [9.17, 15) is 19.7 Å². The molecule has 0 aromatic carbocycles. The zero-order chi connectivity index (χ0) is 17.9. The van der Waals surface area contributed by atoms with Gasteiger partial charge in [0.2, 0.25) is 5.91 Å². The maximum absolute atomic E-state index is 12.2. The Balaban J connectivity index is 2.17. The first kappa shape index (κ1) is 17.7. The van der Waals surface area contributed by atoms with Crippen molar-refractivity contribution in [3.05, 3.63) is 38.3 Å². The van der Waals surface area contributed by atoms with Crippen molar-refractivity contribution >= 4 is 11.6 Å². The highest BCUT2D eigenvalue weighted by Crippen LogP contribution is 2.29. The lowest BCUT2D eigenvalue weighted by atomic mass is 9.78. The van der Waals surface area contributed by atoms with Crippen LogP contribution in [0.3, 0.4) is 0 Å². The van der Waals surface area contributed by atoms with Gasteiger partial charge in [-0.05, 0) is 18.3 Å². The number of nitrogens with one attached hydrogen (secondary N) is 1. The smallest absolute Gasteiger partial charge is 0.287 e. The van der Waals surface area contributed by atoms with Crippen LogP contribution in [-0.2, 0) is 11.3 Å². The molecule has 1 aromatic heterocycles. The molecule has 8 heteroatoms. The average Bonchev–Trinajstić information content (AvgIpc) is 2.53. The summed E-state index contributed by atoms with van der Waals surface area (Å²) in [6.45, 7) is 3.89. The first-order valence-corrected chi connectivity index (χ1v) is 7.91. The molecular formula is C16H20N4O4. The van der Waals surface area contributed by atoms with Crippen LogP contribution >= 0.6 is 0 Å². The number of hydrogen-bond acceptors (Lipinski definition) is 5. The van der Waals surface area contributed by atoms with Gasteiger partial charge in [-0.1, -0.05) is 26.7 Å². The Morgan fingerprint density at radius 2 is 2.21 bits per heavy atom. The predicted octanol–water partition coefficient (Wildman–Crippen LogP) is 1.57. The third-order valence-corrected chi connectivity index (χ3v) is 4.77. The fourth-order valence-corrected chi connectivity index (χ4v) is 3.11. The molecule has 24 heavy (non-hydrogen) atoms. The van der Waals surface area contributed by atoms with E-state index in [2.05, 4.69) is 19.2 Å². The van der Waals surface area contributed by atoms with Gasteiger partial charge >= 0.3 is 0 Å². The normalized spacial score (nSPS) is 23.3. The van der Waals surface area contributed by atoms with E-state index in [1.807, 2.05) is 0 Å². The summed E-state index contributed by atoms with van der Waals surface area (Å²) < 4.78 is 0.920. The molecule has 8 nitrogen and oxygen atoms in total. The summed E-state index contributed by atoms with van der Waals surface area (Å²) in [5, 5.41) is 22.7. The maximum atomic E-state index is 12.2. The van der Waals surface area contributed by atoms with Gasteiger partial charge < -0.3 is 5.32 Å². The van der Waals surface area contributed by atoms with Crippen molar-refractivity contribution in [3.63, 3.8) is 0 Å². The molecule has 1 saturated carbocycles. The minimum atomic E-state index is -0.705. The molecular weight excluding hydrogens is 312 g/mol. The van der Waals surface area contributed by atoms with Crippen LogP contribution < -0.4 is 10.9 Å². The molecule has 0 unspecified atom stereocenters. The number of pyridine rings is 1. The fraction of sp³-hybridized carbons (Fsp3) is 0.562. The first-order chi connectivity index (χ1) is 11.3. The van der Waals surface area contributed by atoms with E-state index in [4.69, 9.17) is 5.26 Å². The molecule has 128 valence electrons. The lowest BCUT2D eigenvalue weighted by Crippen LogP contribution is -2.45. The van der Waals surface area contributed by atoms with Gasteiger partial charge in [0.05, 0.1) is 11.1 Å². The summed E-state index contributed by atoms with van der Waals surface area (Å²) in [6.07, 6.45) is 4.04. The van der Waals surface area contributed by atoms with Crippen LogP contribution in [0.5, 0.6) is 0 Å². The highest BCUT2D eigenvalue weighted by Gasteiger charge is 2.28. The van der Waals surface area contributed by atoms with E-state index in [1.54, 1.807) is 6.07 Å². The van der Waals surface area contributed by atoms with Crippen molar-refractivity contribution in [1.82, 2.24) is 9.88 Å². The van der Waals surface area contributed by atoms with Gasteiger partial charge in [0.25, 0.3) is 11.2 Å². The summed E-state index contributed by atoms with van der Waals surface area (Å²) in [6, 6.07) is 2.58. The van der Waals surface area contributed by atoms with Gasteiger partial charge in [0.1, 0.15) is 18.2 Å². The summed E-state index contributed by atoms with van der Waals surface area (Å²) in [5.41, 5.74) is -1.45. The van der Waals surface area contributed by atoms with Crippen molar-refractivity contribution in [2.24, 2.45) is 11.8 Å². The molecule has 0 radical (unpaired) electrons. The van der Waals surface area contributed by atoms with Crippen molar-refractivity contribution in [2.75, 3.05) is 0 Å². The van der Waals surface area contributed by atoms with E-state index in [0.717, 1.165) is 36.1 Å². The molecule has 1 fully saturated rings. The maximum Gasteiger partial charge on any atom is 0.287 e. The van der Waals surface area contributed by atoms with E-state index in [1.165, 1.54) is 0 Å². The number of rotatable bonds is 4. The van der Waals surface area contributed by atoms with Crippen LogP contribution in [0.2, 0.25) is 0 Å². The SMILES string of the molecule is C[C@H]1[C@@H](NC(=O)Cn2cc([N+](=O)[O-])cc(C#N)c2=O)CCC[C@@H]1C. The molecule has 0 bridgehead atoms. The second kappa shape index (κ2) is 7.25. The molecule has 3 atom stereocenters. The number of carbonyl (C=O) groups is 1. The molecule has 1 amide bonds. The summed E-state index contributed by atoms with van der Waals surface area (Å²) in [7, 11) is 0. The van der Waals surface area contributed by atoms with Crippen molar-refractivity contribution in [3.8, 4) is 6.07 Å². The lowest BCUT2D eigenvalue weighted by Gasteiger charge is -2.34. The highest BCUT2D eigenvalue weighted by atomic mass is 16.6. The molecule has 1 aromatic rings. The molecule has 1 N–H and O–H groups in total. The number of aromatic nitrogens is 1. The van der Waals surface area contributed by atoms with Crippen LogP contribution in [0.25, 0.3) is 0 Å². The number of nitro groups is 1. The van der Waals surface area contributed by atoms with Crippen LogP contribution in [0, 0.1) is 33.3 Å². The third-order valence-electron chi connectivity index (χ3n) is 4.77. The number of nitriles is 1. The van der Waals surface area contributed by atoms with Crippen molar-refractivity contribution < 1.29 is 9.72 Å². The summed E-state index contributed by atoms with van der Waals surface area (Å²) in [4.78, 5) is 34.5. The molecule has 2 rings (SSSR count). The predicted molar refractivity (Wildman–Crippen MR) is 86.2 cm³/mol. The zero-order valence-electron chi connectivity index (χ0n) is 13.7. The van der Waals surface area contributed by atoms with Crippen LogP contribution in [0.15, 0.2) is 17.1 Å². The van der Waals surface area contributed by atoms with E-state index in [-0.39, 0.29) is 24.1 Å². The van der Waals surface area contributed by atoms with E-state index >= 15 is 0 Å². The van der Waals surface area contributed by atoms with Gasteiger partial charge in [0, 0.05) is 12.1 Å². The molecule has 0 spiro atoms. The zero-order valence-corrected chi connectivity index (χ0v) is 13.7. The van der Waals surface area contributed by atoms with Crippen LogP contribution in [0.4, 0.5) is 5.69 Å². The molecule has 1 aliphatic rings. The van der Waals surface area contributed by atoms with Gasteiger partial charge in [-0.2, -0.15) is 5.26 Å². The Hall–Kier alpha value is -2.69. The van der Waals surface area contributed by atoms with E-state index in [0.29, 0.717) is 11.8 Å². The highest BCUT2D eigenvalue weighted by molar-refractivity contribution is 5.76. The van der Waals surface area contributed by atoms with Gasteiger partial charge in [-0.25, -0.2) is 0 Å². The monoisotopic (exact) mass is 332 g/mol. The van der Waals surface area contributed by atoms with Crippen molar-refractivity contribution in [1.29, 1.82) is 5.26 Å². The molecule has 1 aliphatic carbocycles. The molecule has 0 saturated heterocycles. The quantitative estimate of drug-likeness (QED) is 0.663. The largest absolute Gasteiger partial charge is 0.352 e. The second-order valence-electron chi connectivity index (χ2n) is 6.36. The summed E-state index contributed by atoms with van der Waals surface area (Å²) >= 11 is 0. The lowest BCUT2D eigenvalue weighted by molar-refractivity contribution is -0.385. The molecule has 1 heterocycles. The topological polar surface area (TPSA) is 118 Å². The van der Waals surface area contributed by atoms with Gasteiger partial charge in [-0.3, -0.25) is 24.3 Å². The van der Waals surface area contributed by atoms with Gasteiger partial charge in [0.15, 0.2) is 0 Å². The molecule has 0 aliphatic heterocycles. The number of hydrogen-bond donors (Lipinski definition) is 1. The average molecular weight is 332 g/mol. The Bertz CT molecular complexity index is 749. The standard InChI is InChI=1S/C16H20N4O4/c1-10-4-3-5-14(11(10)2)18-15(21)9-19-8-13(20(23)24)6-12(7-17)16(19)22/h6,8,10-11,14H,3-5,9H2,1-2H3,(H,18,21)/t10-,11+,14-/m0/s1. The third kappa shape index (κ3) is 3.79. The Labute approximate surface area is 139 Å². The Kier molecular flexibility index (Phi) is 5.34. The minimum Gasteiger partial charge on any atom is -0.352 e. The number of nitrogens with zero attached hydrogens (tertiary/aromatic N) is 3. The number of carbonyl (C=O) groups excluding carboxylic acids is 1.